The molecule has 0 bridgehead atoms. The van der Waals surface area contributed by atoms with Gasteiger partial charge in [0.15, 0.2) is 0 Å². The third-order valence-corrected chi connectivity index (χ3v) is 17.6. The van der Waals surface area contributed by atoms with E-state index in [1.54, 1.807) is 0 Å². The van der Waals surface area contributed by atoms with Crippen LogP contribution < -0.4 is 0 Å². The van der Waals surface area contributed by atoms with Crippen LogP contribution in [0.15, 0.2) is 0 Å². The van der Waals surface area contributed by atoms with Crippen molar-refractivity contribution in [2.24, 2.45) is 0 Å². The van der Waals surface area contributed by atoms with Gasteiger partial charge < -0.3 is 0 Å². The van der Waals surface area contributed by atoms with E-state index in [1.807, 2.05) is 0 Å². The molecular weight excluding hydrogens is 333 g/mol. The van der Waals surface area contributed by atoms with Crippen LogP contribution in [0.5, 0.6) is 0 Å². The maximum atomic E-state index is 2.40. The molecule has 0 amide bonds. The van der Waals surface area contributed by atoms with Crippen molar-refractivity contribution in [3.05, 3.63) is 0 Å². The van der Waals surface area contributed by atoms with Crippen molar-refractivity contribution in [2.75, 3.05) is 56.4 Å². The molecule has 13 heavy (non-hydrogen) atoms. The number of nitrogens with zero attached hydrogens (tertiary/aromatic N) is 4. The van der Waals surface area contributed by atoms with Gasteiger partial charge in [-0.3, -0.25) is 0 Å². The Hall–Kier alpha value is 0.580. The molecule has 0 spiro atoms. The van der Waals surface area contributed by atoms with E-state index in [0.717, 1.165) is 0 Å². The van der Waals surface area contributed by atoms with Gasteiger partial charge in [-0.05, 0) is 0 Å². The van der Waals surface area contributed by atoms with E-state index >= 15 is 0 Å². The van der Waals surface area contributed by atoms with Gasteiger partial charge in [0.2, 0.25) is 0 Å². The molecule has 0 aromatic heterocycles. The molecular formula is C8H24N4Ta. The molecule has 0 rings (SSSR count). The Labute approximate surface area is 87.9 Å². The summed E-state index contributed by atoms with van der Waals surface area (Å²) in [6.07, 6.45) is 0. The zero-order valence-corrected chi connectivity index (χ0v) is 13.4. The summed E-state index contributed by atoms with van der Waals surface area (Å²) in [6.45, 7) is 0. The van der Waals surface area contributed by atoms with Crippen molar-refractivity contribution in [1.82, 2.24) is 13.2 Å². The van der Waals surface area contributed by atoms with Gasteiger partial charge in [0.25, 0.3) is 0 Å². The minimum atomic E-state index is -2.65. The van der Waals surface area contributed by atoms with Crippen molar-refractivity contribution < 1.29 is 18.2 Å². The summed E-state index contributed by atoms with van der Waals surface area (Å²) in [5.74, 6) is 0. The first-order valence-electron chi connectivity index (χ1n) is 4.38. The number of hydrogen-bond donors (Lipinski definition) is 0. The average molecular weight is 357 g/mol. The molecule has 0 N–H and O–H groups in total. The Bertz CT molecular complexity index is 119. The molecule has 0 atom stereocenters. The van der Waals surface area contributed by atoms with Crippen LogP contribution in [-0.2, 0) is 18.2 Å². The van der Waals surface area contributed by atoms with Crippen molar-refractivity contribution in [1.29, 1.82) is 0 Å². The van der Waals surface area contributed by atoms with Crippen LogP contribution in [0.25, 0.3) is 0 Å². The van der Waals surface area contributed by atoms with E-state index in [4.69, 9.17) is 0 Å². The zero-order valence-electron chi connectivity index (χ0n) is 10.2. The first-order valence-corrected chi connectivity index (χ1v) is 10.1. The molecule has 5 heteroatoms. The molecule has 81 valence electrons. The van der Waals surface area contributed by atoms with Crippen LogP contribution in [0.2, 0.25) is 0 Å². The first-order chi connectivity index (χ1) is 5.77. The summed E-state index contributed by atoms with van der Waals surface area (Å²) in [5, 5.41) is 0. The Kier molecular flexibility index (Phi) is 5.10. The molecule has 4 nitrogen and oxygen atoms in total. The fraction of sp³-hybridized carbons (Fsp3) is 1.00. The molecule has 0 radical (unpaired) electrons. The maximum absolute atomic E-state index is 2.65. The van der Waals surface area contributed by atoms with Crippen LogP contribution in [0, 0.1) is 0 Å². The molecule has 0 aliphatic heterocycles. The van der Waals surface area contributed by atoms with Crippen molar-refractivity contribution in [3.8, 4) is 0 Å². The van der Waals surface area contributed by atoms with Crippen LogP contribution in [0.3, 0.4) is 0 Å². The van der Waals surface area contributed by atoms with Crippen LogP contribution in [0.1, 0.15) is 0 Å². The van der Waals surface area contributed by atoms with Gasteiger partial charge in [0.1, 0.15) is 0 Å². The van der Waals surface area contributed by atoms with Crippen LogP contribution >= 0.6 is 0 Å². The third kappa shape index (κ3) is 2.33. The Balaban J connectivity index is 5.06. The quantitative estimate of drug-likeness (QED) is 0.705. The van der Waals surface area contributed by atoms with Gasteiger partial charge in [-0.2, -0.15) is 0 Å². The molecule has 0 heterocycles. The van der Waals surface area contributed by atoms with E-state index < -0.39 is 18.2 Å². The second-order valence-electron chi connectivity index (χ2n) is 3.93. The predicted molar refractivity (Wildman–Crippen MR) is 54.7 cm³/mol. The fourth-order valence-corrected chi connectivity index (χ4v) is 17.6. The molecule has 0 fully saturated rings. The SMILES string of the molecule is C[N](C)[Ta]([N](C)C)([N](C)C)[N](C)C. The fourth-order valence-electron chi connectivity index (χ4n) is 2.15. The predicted octanol–water partition coefficient (Wildman–Crippen LogP) is 0.0467. The molecule has 0 saturated heterocycles. The Morgan fingerprint density at radius 2 is 0.615 bits per heavy atom. The van der Waals surface area contributed by atoms with E-state index in [9.17, 15) is 0 Å². The van der Waals surface area contributed by atoms with Crippen LogP contribution in [-0.4, -0.2) is 69.6 Å². The second kappa shape index (κ2) is 4.89. The van der Waals surface area contributed by atoms with E-state index in [2.05, 4.69) is 69.6 Å². The summed E-state index contributed by atoms with van der Waals surface area (Å²) in [4.78, 5) is 0. The number of rotatable bonds is 4. The number of hydrogen-bond acceptors (Lipinski definition) is 4. The summed E-state index contributed by atoms with van der Waals surface area (Å²) in [7, 11) is 17.4. The van der Waals surface area contributed by atoms with Gasteiger partial charge in [0, 0.05) is 0 Å². The Morgan fingerprint density at radius 3 is 0.615 bits per heavy atom. The zero-order chi connectivity index (χ0) is 10.8. The summed E-state index contributed by atoms with van der Waals surface area (Å²) >= 11 is -2.65. The monoisotopic (exact) mass is 357 g/mol. The van der Waals surface area contributed by atoms with Gasteiger partial charge in [-0.15, -0.1) is 0 Å². The van der Waals surface area contributed by atoms with Crippen LogP contribution in [0.4, 0.5) is 0 Å². The molecule has 0 aromatic carbocycles. The molecule has 0 aliphatic rings. The standard InChI is InChI=1S/4C2H6N.Ta/c4*1-3-2;/h4*1-2H3;/q4*-1;+4. The molecule has 0 unspecified atom stereocenters. The van der Waals surface area contributed by atoms with E-state index in [0.29, 0.717) is 0 Å². The second-order valence-corrected chi connectivity index (χ2v) is 19.3. The van der Waals surface area contributed by atoms with Gasteiger partial charge in [0.05, 0.1) is 0 Å². The summed E-state index contributed by atoms with van der Waals surface area (Å²) < 4.78 is 9.61. The van der Waals surface area contributed by atoms with Crippen molar-refractivity contribution in [3.63, 3.8) is 0 Å². The van der Waals surface area contributed by atoms with Gasteiger partial charge >= 0.3 is 87.8 Å². The first kappa shape index (κ1) is 13.6. The summed E-state index contributed by atoms with van der Waals surface area (Å²) in [5.41, 5.74) is 0. The van der Waals surface area contributed by atoms with E-state index in [1.165, 1.54) is 0 Å². The Morgan fingerprint density at radius 1 is 0.462 bits per heavy atom. The van der Waals surface area contributed by atoms with Gasteiger partial charge in [-0.25, -0.2) is 0 Å². The molecule has 0 aliphatic carbocycles. The topological polar surface area (TPSA) is 13.0 Å². The third-order valence-electron chi connectivity index (χ3n) is 2.15. The molecule has 0 aromatic rings. The van der Waals surface area contributed by atoms with Crippen molar-refractivity contribution in [2.45, 2.75) is 0 Å². The summed E-state index contributed by atoms with van der Waals surface area (Å²) in [6, 6.07) is 0. The van der Waals surface area contributed by atoms with E-state index in [-0.39, 0.29) is 0 Å². The normalized spacial score (nSPS) is 13.8. The minimum absolute atomic E-state index is 2.18. The average Bonchev–Trinajstić information content (AvgIpc) is 1.82. The molecule has 0 saturated carbocycles. The van der Waals surface area contributed by atoms with Gasteiger partial charge in [-0.1, -0.05) is 0 Å². The van der Waals surface area contributed by atoms with Crippen molar-refractivity contribution >= 4 is 0 Å².